The van der Waals surface area contributed by atoms with Gasteiger partial charge in [-0.1, -0.05) is 12.5 Å². The lowest BCUT2D eigenvalue weighted by Crippen LogP contribution is -2.34. The first kappa shape index (κ1) is 12.5. The van der Waals surface area contributed by atoms with Gasteiger partial charge in [-0.2, -0.15) is 0 Å². The third kappa shape index (κ3) is 3.51. The second-order valence-corrected chi connectivity index (χ2v) is 4.83. The number of rotatable bonds is 5. The number of aromatic nitrogens is 1. The molecule has 2 N–H and O–H groups in total. The number of hydrogen-bond acceptors (Lipinski definition) is 3. The van der Waals surface area contributed by atoms with Crippen molar-refractivity contribution >= 4 is 0 Å². The minimum absolute atomic E-state index is 0.521. The van der Waals surface area contributed by atoms with Crippen molar-refractivity contribution in [2.45, 2.75) is 38.1 Å². The van der Waals surface area contributed by atoms with Gasteiger partial charge in [0.15, 0.2) is 0 Å². The molecular formula is C14H23N3. The fourth-order valence-corrected chi connectivity index (χ4v) is 2.67. The minimum Gasteiger partial charge on any atom is -0.330 e. The second-order valence-electron chi connectivity index (χ2n) is 4.83. The van der Waals surface area contributed by atoms with Crippen LogP contribution in [0.2, 0.25) is 0 Å². The summed E-state index contributed by atoms with van der Waals surface area (Å²) in [6.07, 6.45) is 10.2. The smallest absolute Gasteiger partial charge is 0.0363 e. The molecule has 94 valence electrons. The molecule has 0 bridgehead atoms. The van der Waals surface area contributed by atoms with Gasteiger partial charge < -0.3 is 5.73 Å². The Balaban J connectivity index is 2.06. The van der Waals surface area contributed by atoms with Crippen LogP contribution in [0.5, 0.6) is 0 Å². The number of hydrogen-bond donors (Lipinski definition) is 1. The number of pyridine rings is 1. The summed E-state index contributed by atoms with van der Waals surface area (Å²) in [6, 6.07) is 4.75. The van der Waals surface area contributed by atoms with Gasteiger partial charge in [-0.3, -0.25) is 9.88 Å². The summed E-state index contributed by atoms with van der Waals surface area (Å²) in [5.41, 5.74) is 7.00. The largest absolute Gasteiger partial charge is 0.330 e. The molecule has 1 aromatic rings. The van der Waals surface area contributed by atoms with Crippen LogP contribution in [0.4, 0.5) is 0 Å². The van der Waals surface area contributed by atoms with E-state index in [9.17, 15) is 0 Å². The first-order chi connectivity index (χ1) is 8.42. The summed E-state index contributed by atoms with van der Waals surface area (Å²) in [7, 11) is 0. The zero-order valence-electron chi connectivity index (χ0n) is 10.5. The summed E-state index contributed by atoms with van der Waals surface area (Å²) in [5.74, 6) is 0. The van der Waals surface area contributed by atoms with E-state index in [0.717, 1.165) is 19.4 Å². The molecule has 0 amide bonds. The van der Waals surface area contributed by atoms with Gasteiger partial charge in [0.05, 0.1) is 0 Å². The average molecular weight is 233 g/mol. The Bertz CT molecular complexity index is 307. The van der Waals surface area contributed by atoms with Gasteiger partial charge in [-0.25, -0.2) is 0 Å². The van der Waals surface area contributed by atoms with E-state index in [-0.39, 0.29) is 0 Å². The van der Waals surface area contributed by atoms with Gasteiger partial charge in [-0.05, 0) is 56.9 Å². The SMILES string of the molecule is NCCCC(c1cccnc1)N1CCCCC1. The zero-order chi connectivity index (χ0) is 11.9. The molecule has 1 saturated heterocycles. The maximum absolute atomic E-state index is 5.65. The molecule has 3 heteroatoms. The standard InChI is InChI=1S/C14H23N3/c15-8-4-7-14(13-6-5-9-16-12-13)17-10-2-1-3-11-17/h5-6,9,12,14H,1-4,7-8,10-11,15H2. The lowest BCUT2D eigenvalue weighted by atomic mass is 9.99. The van der Waals surface area contributed by atoms with Crippen LogP contribution in [0.25, 0.3) is 0 Å². The molecule has 0 radical (unpaired) electrons. The van der Waals surface area contributed by atoms with E-state index in [0.29, 0.717) is 6.04 Å². The maximum atomic E-state index is 5.65. The molecule has 1 fully saturated rings. The van der Waals surface area contributed by atoms with Crippen molar-refractivity contribution in [2.75, 3.05) is 19.6 Å². The highest BCUT2D eigenvalue weighted by molar-refractivity contribution is 5.14. The van der Waals surface area contributed by atoms with E-state index in [1.165, 1.54) is 37.9 Å². The molecule has 1 aromatic heterocycles. The molecule has 2 rings (SSSR count). The van der Waals surface area contributed by atoms with E-state index in [4.69, 9.17) is 5.73 Å². The summed E-state index contributed by atoms with van der Waals surface area (Å²) >= 11 is 0. The summed E-state index contributed by atoms with van der Waals surface area (Å²) < 4.78 is 0. The fraction of sp³-hybridized carbons (Fsp3) is 0.643. The average Bonchev–Trinajstić information content (AvgIpc) is 2.42. The van der Waals surface area contributed by atoms with Crippen LogP contribution in [-0.2, 0) is 0 Å². The molecule has 17 heavy (non-hydrogen) atoms. The summed E-state index contributed by atoms with van der Waals surface area (Å²) in [4.78, 5) is 6.86. The molecule has 1 unspecified atom stereocenters. The van der Waals surface area contributed by atoms with Crippen LogP contribution in [0.3, 0.4) is 0 Å². The summed E-state index contributed by atoms with van der Waals surface area (Å²) in [6.45, 7) is 3.23. The van der Waals surface area contributed by atoms with Gasteiger partial charge in [0.1, 0.15) is 0 Å². The first-order valence-electron chi connectivity index (χ1n) is 6.76. The molecule has 2 heterocycles. The predicted octanol–water partition coefficient (Wildman–Crippen LogP) is 2.35. The number of likely N-dealkylation sites (tertiary alicyclic amines) is 1. The van der Waals surface area contributed by atoms with Crippen LogP contribution in [-0.4, -0.2) is 29.5 Å². The monoisotopic (exact) mass is 233 g/mol. The molecule has 1 aliphatic rings. The van der Waals surface area contributed by atoms with Gasteiger partial charge in [-0.15, -0.1) is 0 Å². The minimum atomic E-state index is 0.521. The number of piperidine rings is 1. The molecule has 3 nitrogen and oxygen atoms in total. The van der Waals surface area contributed by atoms with Gasteiger partial charge in [0.25, 0.3) is 0 Å². The van der Waals surface area contributed by atoms with Crippen molar-refractivity contribution in [2.24, 2.45) is 5.73 Å². The van der Waals surface area contributed by atoms with Crippen LogP contribution >= 0.6 is 0 Å². The highest BCUT2D eigenvalue weighted by atomic mass is 15.2. The molecule has 0 spiro atoms. The van der Waals surface area contributed by atoms with Gasteiger partial charge in [0, 0.05) is 18.4 Å². The lowest BCUT2D eigenvalue weighted by Gasteiger charge is -2.34. The van der Waals surface area contributed by atoms with Crippen molar-refractivity contribution < 1.29 is 0 Å². The zero-order valence-corrected chi connectivity index (χ0v) is 10.5. The first-order valence-corrected chi connectivity index (χ1v) is 6.76. The highest BCUT2D eigenvalue weighted by Gasteiger charge is 2.21. The predicted molar refractivity (Wildman–Crippen MR) is 70.7 cm³/mol. The Morgan fingerprint density at radius 1 is 1.29 bits per heavy atom. The molecule has 0 aliphatic carbocycles. The summed E-state index contributed by atoms with van der Waals surface area (Å²) in [5, 5.41) is 0. The molecular weight excluding hydrogens is 210 g/mol. The van der Waals surface area contributed by atoms with E-state index in [1.807, 2.05) is 18.5 Å². The molecule has 0 saturated carbocycles. The fourth-order valence-electron chi connectivity index (χ4n) is 2.67. The van der Waals surface area contributed by atoms with Crippen LogP contribution in [0.15, 0.2) is 24.5 Å². The molecule has 1 aliphatic heterocycles. The van der Waals surface area contributed by atoms with E-state index in [1.54, 1.807) is 0 Å². The van der Waals surface area contributed by atoms with Gasteiger partial charge in [0.2, 0.25) is 0 Å². The highest BCUT2D eigenvalue weighted by Crippen LogP contribution is 2.27. The van der Waals surface area contributed by atoms with Crippen molar-refractivity contribution in [3.05, 3.63) is 30.1 Å². The number of nitrogens with zero attached hydrogens (tertiary/aromatic N) is 2. The Kier molecular flexibility index (Phi) is 4.95. The molecule has 0 aromatic carbocycles. The molecule has 1 atom stereocenters. The topological polar surface area (TPSA) is 42.1 Å². The maximum Gasteiger partial charge on any atom is 0.0363 e. The lowest BCUT2D eigenvalue weighted by molar-refractivity contribution is 0.154. The normalized spacial score (nSPS) is 19.1. The third-order valence-electron chi connectivity index (χ3n) is 3.58. The van der Waals surface area contributed by atoms with E-state index >= 15 is 0 Å². The Hall–Kier alpha value is -0.930. The second kappa shape index (κ2) is 6.72. The van der Waals surface area contributed by atoms with E-state index in [2.05, 4.69) is 16.0 Å². The van der Waals surface area contributed by atoms with Crippen LogP contribution in [0, 0.1) is 0 Å². The quantitative estimate of drug-likeness (QED) is 0.849. The Labute approximate surface area is 104 Å². The Morgan fingerprint density at radius 3 is 2.76 bits per heavy atom. The number of nitrogens with two attached hydrogens (primary N) is 1. The van der Waals surface area contributed by atoms with Crippen LogP contribution < -0.4 is 5.73 Å². The van der Waals surface area contributed by atoms with Crippen molar-refractivity contribution in [3.8, 4) is 0 Å². The van der Waals surface area contributed by atoms with E-state index < -0.39 is 0 Å². The van der Waals surface area contributed by atoms with Crippen molar-refractivity contribution in [1.82, 2.24) is 9.88 Å². The van der Waals surface area contributed by atoms with Crippen molar-refractivity contribution in [3.63, 3.8) is 0 Å². The Morgan fingerprint density at radius 2 is 2.12 bits per heavy atom. The van der Waals surface area contributed by atoms with Crippen molar-refractivity contribution in [1.29, 1.82) is 0 Å². The van der Waals surface area contributed by atoms with Gasteiger partial charge >= 0.3 is 0 Å². The van der Waals surface area contributed by atoms with Crippen LogP contribution in [0.1, 0.15) is 43.7 Å². The third-order valence-corrected chi connectivity index (χ3v) is 3.58.